The zero-order valence-corrected chi connectivity index (χ0v) is 10.2. The minimum absolute atomic E-state index is 0.519. The maximum atomic E-state index is 4.43. The van der Waals surface area contributed by atoms with Crippen molar-refractivity contribution in [2.45, 2.75) is 33.1 Å². The van der Waals surface area contributed by atoms with Crippen LogP contribution in [0.1, 0.15) is 33.1 Å². The van der Waals surface area contributed by atoms with Gasteiger partial charge in [0, 0.05) is 20.1 Å². The molecule has 2 aliphatic rings. The Bertz CT molecular complexity index is 254. The molecule has 1 aliphatic carbocycles. The van der Waals surface area contributed by atoms with Crippen molar-refractivity contribution in [1.82, 2.24) is 10.2 Å². The number of likely N-dealkylation sites (N-methyl/N-ethyl adjacent to an activating group) is 1. The largest absolute Gasteiger partial charge is 0.356 e. The summed E-state index contributed by atoms with van der Waals surface area (Å²) in [5, 5.41) is 3.45. The van der Waals surface area contributed by atoms with Gasteiger partial charge in [0.2, 0.25) is 0 Å². The summed E-state index contributed by atoms with van der Waals surface area (Å²) in [7, 11) is 2.10. The van der Waals surface area contributed by atoms with Gasteiger partial charge >= 0.3 is 0 Å². The fraction of sp³-hybridized carbons (Fsp3) is 0.917. The Morgan fingerprint density at radius 1 is 1.47 bits per heavy atom. The van der Waals surface area contributed by atoms with Gasteiger partial charge < -0.3 is 10.2 Å². The molecule has 3 heteroatoms. The van der Waals surface area contributed by atoms with E-state index in [1.807, 2.05) is 0 Å². The summed E-state index contributed by atoms with van der Waals surface area (Å²) >= 11 is 0. The molecule has 0 radical (unpaired) electrons. The molecule has 1 heterocycles. The second-order valence-electron chi connectivity index (χ2n) is 5.57. The van der Waals surface area contributed by atoms with E-state index in [1.165, 1.54) is 19.3 Å². The Morgan fingerprint density at radius 2 is 2.20 bits per heavy atom. The summed E-state index contributed by atoms with van der Waals surface area (Å²) < 4.78 is 0. The maximum Gasteiger partial charge on any atom is 0.193 e. The van der Waals surface area contributed by atoms with Crippen LogP contribution in [0, 0.1) is 11.3 Å². The molecule has 3 nitrogen and oxygen atoms in total. The van der Waals surface area contributed by atoms with E-state index in [-0.39, 0.29) is 0 Å². The van der Waals surface area contributed by atoms with E-state index < -0.39 is 0 Å². The number of rotatable bonds is 4. The van der Waals surface area contributed by atoms with Crippen molar-refractivity contribution in [2.75, 3.05) is 26.7 Å². The molecule has 0 aromatic rings. The van der Waals surface area contributed by atoms with E-state index in [2.05, 4.69) is 36.1 Å². The molecule has 0 atom stereocenters. The first-order valence-electron chi connectivity index (χ1n) is 6.09. The smallest absolute Gasteiger partial charge is 0.193 e. The zero-order valence-electron chi connectivity index (χ0n) is 10.2. The van der Waals surface area contributed by atoms with Gasteiger partial charge in [-0.15, -0.1) is 0 Å². The standard InChI is InChI=1S/C12H23N3/c1-12(2,10-4-5-10)6-7-13-11-14-8-9-15(11)3/h10H,4-9H2,1-3H3,(H,13,14). The molecule has 0 spiro atoms. The molecule has 0 unspecified atom stereocenters. The van der Waals surface area contributed by atoms with E-state index in [9.17, 15) is 0 Å². The lowest BCUT2D eigenvalue weighted by atomic mass is 9.84. The molecule has 15 heavy (non-hydrogen) atoms. The van der Waals surface area contributed by atoms with Crippen molar-refractivity contribution in [3.05, 3.63) is 0 Å². The summed E-state index contributed by atoms with van der Waals surface area (Å²) in [4.78, 5) is 6.63. The highest BCUT2D eigenvalue weighted by Gasteiger charge is 2.37. The highest BCUT2D eigenvalue weighted by atomic mass is 15.3. The van der Waals surface area contributed by atoms with Crippen molar-refractivity contribution < 1.29 is 0 Å². The van der Waals surface area contributed by atoms with Crippen molar-refractivity contribution >= 4 is 5.96 Å². The minimum atomic E-state index is 0.519. The second kappa shape index (κ2) is 4.03. The van der Waals surface area contributed by atoms with E-state index in [1.54, 1.807) is 0 Å². The van der Waals surface area contributed by atoms with Crippen LogP contribution < -0.4 is 5.32 Å². The number of guanidine groups is 1. The number of aliphatic imine (C=N–C) groups is 1. The van der Waals surface area contributed by atoms with Gasteiger partial charge in [-0.2, -0.15) is 0 Å². The Hall–Kier alpha value is -0.730. The van der Waals surface area contributed by atoms with Crippen LogP contribution in [0.3, 0.4) is 0 Å². The van der Waals surface area contributed by atoms with Gasteiger partial charge in [0.1, 0.15) is 0 Å². The van der Waals surface area contributed by atoms with Crippen LogP contribution in [0.2, 0.25) is 0 Å². The van der Waals surface area contributed by atoms with E-state index in [0.717, 1.165) is 31.5 Å². The maximum absolute atomic E-state index is 4.43. The van der Waals surface area contributed by atoms with E-state index in [0.29, 0.717) is 5.41 Å². The van der Waals surface area contributed by atoms with E-state index in [4.69, 9.17) is 0 Å². The fourth-order valence-electron chi connectivity index (χ4n) is 2.29. The third-order valence-electron chi connectivity index (χ3n) is 3.79. The molecular formula is C12H23N3. The van der Waals surface area contributed by atoms with Crippen LogP contribution >= 0.6 is 0 Å². The number of hydrogen-bond acceptors (Lipinski definition) is 3. The average molecular weight is 209 g/mol. The first kappa shape index (κ1) is 10.8. The van der Waals surface area contributed by atoms with Crippen molar-refractivity contribution in [1.29, 1.82) is 0 Å². The number of hydrogen-bond donors (Lipinski definition) is 1. The Kier molecular flexibility index (Phi) is 2.89. The second-order valence-corrected chi connectivity index (χ2v) is 5.57. The Balaban J connectivity index is 1.70. The Morgan fingerprint density at radius 3 is 2.73 bits per heavy atom. The van der Waals surface area contributed by atoms with Gasteiger partial charge in [-0.25, -0.2) is 0 Å². The topological polar surface area (TPSA) is 27.6 Å². The molecule has 1 saturated carbocycles. The molecule has 1 aliphatic heterocycles. The summed E-state index contributed by atoms with van der Waals surface area (Å²) in [6.45, 7) is 7.87. The van der Waals surface area contributed by atoms with Gasteiger partial charge in [0.25, 0.3) is 0 Å². The van der Waals surface area contributed by atoms with Crippen molar-refractivity contribution in [3.63, 3.8) is 0 Å². The first-order valence-corrected chi connectivity index (χ1v) is 6.09. The van der Waals surface area contributed by atoms with E-state index >= 15 is 0 Å². The lowest BCUT2D eigenvalue weighted by Gasteiger charge is -2.25. The monoisotopic (exact) mass is 209 g/mol. The van der Waals surface area contributed by atoms with Gasteiger partial charge in [0.15, 0.2) is 5.96 Å². The predicted molar refractivity (Wildman–Crippen MR) is 64.1 cm³/mol. The van der Waals surface area contributed by atoms with Crippen LogP contribution in [0.15, 0.2) is 4.99 Å². The van der Waals surface area contributed by atoms with Gasteiger partial charge in [-0.3, -0.25) is 4.99 Å². The Labute approximate surface area is 92.9 Å². The molecule has 1 N–H and O–H groups in total. The molecule has 1 fully saturated rings. The van der Waals surface area contributed by atoms with Gasteiger partial charge in [-0.05, 0) is 30.6 Å². The molecule has 0 amide bonds. The summed E-state index contributed by atoms with van der Waals surface area (Å²) in [5.41, 5.74) is 0.519. The first-order chi connectivity index (χ1) is 7.09. The SMILES string of the molecule is CN1CCN=C1NCCC(C)(C)C1CC1. The lowest BCUT2D eigenvalue weighted by molar-refractivity contribution is 0.283. The molecule has 0 bridgehead atoms. The van der Waals surface area contributed by atoms with Gasteiger partial charge in [0.05, 0.1) is 6.54 Å². The fourth-order valence-corrected chi connectivity index (χ4v) is 2.29. The summed E-state index contributed by atoms with van der Waals surface area (Å²) in [5.74, 6) is 2.06. The van der Waals surface area contributed by atoms with Crippen LogP contribution in [-0.2, 0) is 0 Å². The molecule has 86 valence electrons. The highest BCUT2D eigenvalue weighted by molar-refractivity contribution is 5.81. The minimum Gasteiger partial charge on any atom is -0.356 e. The molecule has 0 aromatic carbocycles. The molecular weight excluding hydrogens is 186 g/mol. The molecule has 0 aromatic heterocycles. The van der Waals surface area contributed by atoms with Gasteiger partial charge in [-0.1, -0.05) is 13.8 Å². The van der Waals surface area contributed by atoms with Crippen LogP contribution in [-0.4, -0.2) is 37.5 Å². The van der Waals surface area contributed by atoms with Crippen LogP contribution in [0.4, 0.5) is 0 Å². The van der Waals surface area contributed by atoms with Crippen molar-refractivity contribution in [2.24, 2.45) is 16.3 Å². The normalized spacial score (nSPS) is 21.8. The zero-order chi connectivity index (χ0) is 10.9. The predicted octanol–water partition coefficient (Wildman–Crippen LogP) is 1.70. The van der Waals surface area contributed by atoms with Crippen LogP contribution in [0.25, 0.3) is 0 Å². The number of nitrogens with zero attached hydrogens (tertiary/aromatic N) is 2. The number of nitrogens with one attached hydrogen (secondary N) is 1. The molecule has 0 saturated heterocycles. The average Bonchev–Trinajstić information content (AvgIpc) is 2.94. The van der Waals surface area contributed by atoms with Crippen LogP contribution in [0.5, 0.6) is 0 Å². The third-order valence-corrected chi connectivity index (χ3v) is 3.79. The summed E-state index contributed by atoms with van der Waals surface area (Å²) in [6, 6.07) is 0. The quantitative estimate of drug-likeness (QED) is 0.763. The lowest BCUT2D eigenvalue weighted by Crippen LogP contribution is -2.37. The highest BCUT2D eigenvalue weighted by Crippen LogP contribution is 2.46. The van der Waals surface area contributed by atoms with Crippen molar-refractivity contribution in [3.8, 4) is 0 Å². The third kappa shape index (κ3) is 2.64. The summed E-state index contributed by atoms with van der Waals surface area (Å²) in [6.07, 6.45) is 4.13. The molecule has 2 rings (SSSR count).